The molecule has 1 fully saturated rings. The molecule has 2 aromatic heterocycles. The van der Waals surface area contributed by atoms with Gasteiger partial charge in [-0.05, 0) is 36.8 Å². The number of aryl methyl sites for hydroxylation is 2. The first-order valence-corrected chi connectivity index (χ1v) is 12.1. The van der Waals surface area contributed by atoms with E-state index in [1.165, 1.54) is 38.5 Å². The molecule has 0 unspecified atom stereocenters. The van der Waals surface area contributed by atoms with Gasteiger partial charge in [0.2, 0.25) is 0 Å². The predicted molar refractivity (Wildman–Crippen MR) is 140 cm³/mol. The molecule has 0 atom stereocenters. The van der Waals surface area contributed by atoms with Crippen LogP contribution in [0, 0.1) is 6.92 Å². The van der Waals surface area contributed by atoms with E-state index in [1.54, 1.807) is 31.3 Å². The minimum atomic E-state index is -4.42. The molecule has 3 N–H and O–H groups in total. The maximum atomic E-state index is 12.5. The van der Waals surface area contributed by atoms with Crippen molar-refractivity contribution in [2.45, 2.75) is 51.6 Å². The highest BCUT2D eigenvalue weighted by Crippen LogP contribution is 2.32. The lowest BCUT2D eigenvalue weighted by Gasteiger charge is -2.10. The summed E-state index contributed by atoms with van der Waals surface area (Å²) in [5.74, 6) is -0.386. The Morgan fingerprint density at radius 1 is 0.944 bits per heavy atom. The highest BCUT2D eigenvalue weighted by atomic mass is 19.4. The molecule has 2 aromatic carbocycles. The van der Waals surface area contributed by atoms with Gasteiger partial charge in [0, 0.05) is 36.1 Å². The van der Waals surface area contributed by atoms with Crippen LogP contribution in [0.2, 0.25) is 0 Å². The molecule has 0 spiro atoms. The van der Waals surface area contributed by atoms with Crippen molar-refractivity contribution < 1.29 is 18.0 Å². The van der Waals surface area contributed by atoms with Crippen LogP contribution in [0.5, 0.6) is 0 Å². The first-order chi connectivity index (χ1) is 17.1. The molecule has 0 aliphatic heterocycles. The van der Waals surface area contributed by atoms with Gasteiger partial charge >= 0.3 is 6.18 Å². The van der Waals surface area contributed by atoms with Crippen LogP contribution in [0.15, 0.2) is 54.6 Å². The molecular formula is C28H33F3N4O. The maximum absolute atomic E-state index is 12.5. The fraction of sp³-hybridized carbons (Fsp3) is 0.357. The summed E-state index contributed by atoms with van der Waals surface area (Å²) in [5, 5.41) is 4.51. The van der Waals surface area contributed by atoms with Crippen LogP contribution in [-0.2, 0) is 13.2 Å². The zero-order valence-corrected chi connectivity index (χ0v) is 21.0. The highest BCUT2D eigenvalue weighted by molar-refractivity contribution is 5.98. The Kier molecular flexibility index (Phi) is 8.96. The van der Waals surface area contributed by atoms with Crippen molar-refractivity contribution in [3.8, 4) is 0 Å². The fourth-order valence-electron chi connectivity index (χ4n) is 4.33. The number of alkyl halides is 3. The van der Waals surface area contributed by atoms with Gasteiger partial charge < -0.3 is 15.6 Å². The molecule has 1 aliphatic carbocycles. The van der Waals surface area contributed by atoms with E-state index >= 15 is 0 Å². The Balaban J connectivity index is 0.000000165. The molecule has 1 saturated carbocycles. The van der Waals surface area contributed by atoms with Crippen molar-refractivity contribution in [2.24, 2.45) is 12.8 Å². The van der Waals surface area contributed by atoms with E-state index in [1.807, 2.05) is 42.8 Å². The zero-order valence-electron chi connectivity index (χ0n) is 21.0. The summed E-state index contributed by atoms with van der Waals surface area (Å²) in [5.41, 5.74) is 7.90. The average molecular weight is 499 g/mol. The first-order valence-electron chi connectivity index (χ1n) is 12.1. The number of nitrogens with two attached hydrogens (primary N) is 1. The number of carbonyl (C=O) groups excluding carboxylic acids is 1. The molecule has 0 radical (unpaired) electrons. The quantitative estimate of drug-likeness (QED) is 0.306. The molecule has 4 aromatic rings. The topological polar surface area (TPSA) is 72.9 Å². The molecule has 2 heterocycles. The molecule has 36 heavy (non-hydrogen) atoms. The fourth-order valence-corrected chi connectivity index (χ4v) is 4.33. The van der Waals surface area contributed by atoms with Crippen molar-refractivity contribution in [3.63, 3.8) is 0 Å². The number of nitrogens with one attached hydrogen (secondary N) is 1. The number of pyridine rings is 1. The summed E-state index contributed by atoms with van der Waals surface area (Å²) >= 11 is 0. The Morgan fingerprint density at radius 2 is 1.56 bits per heavy atom. The van der Waals surface area contributed by atoms with Gasteiger partial charge in [-0.3, -0.25) is 4.79 Å². The van der Waals surface area contributed by atoms with E-state index in [2.05, 4.69) is 10.3 Å². The van der Waals surface area contributed by atoms with Gasteiger partial charge in [0.05, 0.1) is 5.52 Å². The number of carbonyl (C=O) groups is 1. The van der Waals surface area contributed by atoms with E-state index in [0.717, 1.165) is 22.5 Å². The number of benzene rings is 2. The summed E-state index contributed by atoms with van der Waals surface area (Å²) in [6.45, 7) is 2.02. The maximum Gasteiger partial charge on any atom is 0.433 e. The Labute approximate surface area is 209 Å². The third-order valence-corrected chi connectivity index (χ3v) is 6.33. The molecule has 0 bridgehead atoms. The lowest BCUT2D eigenvalue weighted by atomic mass is 10.0. The molecule has 5 rings (SSSR count). The van der Waals surface area contributed by atoms with Crippen LogP contribution in [0.3, 0.4) is 0 Å². The monoisotopic (exact) mass is 498 g/mol. The van der Waals surface area contributed by atoms with Gasteiger partial charge in [-0.25, -0.2) is 4.98 Å². The Hall–Kier alpha value is -3.55. The van der Waals surface area contributed by atoms with Crippen LogP contribution in [0.4, 0.5) is 18.9 Å². The number of amides is 1. The van der Waals surface area contributed by atoms with Crippen molar-refractivity contribution in [1.82, 2.24) is 9.55 Å². The van der Waals surface area contributed by atoms with Crippen LogP contribution in [0.25, 0.3) is 21.8 Å². The summed E-state index contributed by atoms with van der Waals surface area (Å²) in [6, 6.07) is 15.5. The number of nitrogens with zero attached hydrogens (tertiary/aromatic N) is 2. The van der Waals surface area contributed by atoms with Gasteiger partial charge in [-0.15, -0.1) is 0 Å². The lowest BCUT2D eigenvalue weighted by Crippen LogP contribution is -2.14. The van der Waals surface area contributed by atoms with Crippen LogP contribution < -0.4 is 11.1 Å². The van der Waals surface area contributed by atoms with Crippen molar-refractivity contribution in [2.75, 3.05) is 12.4 Å². The lowest BCUT2D eigenvalue weighted by molar-refractivity contribution is -0.140. The van der Waals surface area contributed by atoms with Crippen molar-refractivity contribution >= 4 is 33.4 Å². The normalized spacial score (nSPS) is 13.4. The van der Waals surface area contributed by atoms with Crippen molar-refractivity contribution in [3.05, 3.63) is 71.5 Å². The second kappa shape index (κ2) is 11.9. The molecule has 0 saturated heterocycles. The smallest absolute Gasteiger partial charge is 0.388 e. The van der Waals surface area contributed by atoms with Gasteiger partial charge in [0.1, 0.15) is 11.4 Å². The molecule has 5 nitrogen and oxygen atoms in total. The van der Waals surface area contributed by atoms with Gasteiger partial charge in [0.15, 0.2) is 0 Å². The van der Waals surface area contributed by atoms with Crippen LogP contribution >= 0.6 is 0 Å². The number of primary amides is 1. The Bertz CT molecular complexity index is 1310. The van der Waals surface area contributed by atoms with Crippen LogP contribution in [-0.4, -0.2) is 22.5 Å². The summed E-state index contributed by atoms with van der Waals surface area (Å²) < 4.78 is 39.4. The standard InChI is InChI=1S/C11H9F3N2.C11H12N2O.C6H12/c1-15-9-6-10(11(12,13)14)16-8-5-3-2-4-7(8)9;1-7-4-3-5-9-8(7)6-10(11(12)14)13(9)2;1-2-4-6-5-3-1/h2-6H,1H3,(H,15,16);3-6H,1-2H3,(H2,12,14);1-6H2. The number of rotatable bonds is 2. The number of anilines is 1. The number of para-hydroxylation sites is 1. The predicted octanol–water partition coefficient (Wildman–Crippen LogP) is 7.22. The number of aromatic nitrogens is 2. The number of fused-ring (bicyclic) bond motifs is 2. The second-order valence-electron chi connectivity index (χ2n) is 8.90. The van der Waals surface area contributed by atoms with Gasteiger partial charge in [0.25, 0.3) is 5.91 Å². The number of halogens is 3. The van der Waals surface area contributed by atoms with Gasteiger partial charge in [-0.1, -0.05) is 68.9 Å². The minimum absolute atomic E-state index is 0.335. The summed E-state index contributed by atoms with van der Waals surface area (Å²) in [7, 11) is 3.43. The number of hydrogen-bond donors (Lipinski definition) is 2. The highest BCUT2D eigenvalue weighted by Gasteiger charge is 2.33. The minimum Gasteiger partial charge on any atom is -0.388 e. The third kappa shape index (κ3) is 6.56. The Morgan fingerprint density at radius 3 is 2.08 bits per heavy atom. The average Bonchev–Trinajstić information content (AvgIpc) is 3.22. The summed E-state index contributed by atoms with van der Waals surface area (Å²) in [4.78, 5) is 14.7. The zero-order chi connectivity index (χ0) is 26.3. The first kappa shape index (κ1) is 27.0. The van der Waals surface area contributed by atoms with E-state index < -0.39 is 11.9 Å². The third-order valence-electron chi connectivity index (χ3n) is 6.33. The molecule has 1 amide bonds. The van der Waals surface area contributed by atoms with Crippen molar-refractivity contribution in [1.29, 1.82) is 0 Å². The summed E-state index contributed by atoms with van der Waals surface area (Å²) in [6.07, 6.45) is 4.58. The molecule has 192 valence electrons. The number of hydrogen-bond acceptors (Lipinski definition) is 3. The molecular weight excluding hydrogens is 465 g/mol. The van der Waals surface area contributed by atoms with E-state index in [9.17, 15) is 18.0 Å². The van der Waals surface area contributed by atoms with Crippen LogP contribution in [0.1, 0.15) is 60.3 Å². The second-order valence-corrected chi connectivity index (χ2v) is 8.90. The largest absolute Gasteiger partial charge is 0.433 e. The van der Waals surface area contributed by atoms with E-state index in [4.69, 9.17) is 5.73 Å². The van der Waals surface area contributed by atoms with E-state index in [-0.39, 0.29) is 5.91 Å². The SMILES string of the molecule is C1CCCCC1.CNc1cc(C(F)(F)F)nc2ccccc12.Cc1cccc2c1cc(C(N)=O)n2C. The van der Waals surface area contributed by atoms with E-state index in [0.29, 0.717) is 22.3 Å². The molecule has 1 aliphatic rings. The van der Waals surface area contributed by atoms with Gasteiger partial charge in [-0.2, -0.15) is 13.2 Å². The molecule has 8 heteroatoms.